The van der Waals surface area contributed by atoms with E-state index in [9.17, 15) is 9.59 Å². The van der Waals surface area contributed by atoms with Gasteiger partial charge in [0.15, 0.2) is 17.2 Å². The molecule has 4 saturated carbocycles. The Balaban J connectivity index is 1.43. The Morgan fingerprint density at radius 1 is 1.14 bits per heavy atom. The van der Waals surface area contributed by atoms with Crippen LogP contribution >= 0.6 is 0 Å². The molecule has 4 bridgehead atoms. The molecule has 152 valence electrons. The largest absolute Gasteiger partial charge is 0.493 e. The van der Waals surface area contributed by atoms with Gasteiger partial charge in [0.25, 0.3) is 0 Å². The summed E-state index contributed by atoms with van der Waals surface area (Å²) in [6.45, 7) is 1.34. The van der Waals surface area contributed by atoms with Crippen LogP contribution in [0.15, 0.2) is 28.9 Å². The van der Waals surface area contributed by atoms with Crippen LogP contribution in [0.25, 0.3) is 6.08 Å². The Labute approximate surface area is 169 Å². The molecule has 4 aliphatic carbocycles. The summed E-state index contributed by atoms with van der Waals surface area (Å²) < 4.78 is 16.1. The number of nitrogens with zero attached hydrogens (tertiary/aromatic N) is 1. The van der Waals surface area contributed by atoms with Crippen LogP contribution in [0.5, 0.6) is 11.5 Å². The van der Waals surface area contributed by atoms with Gasteiger partial charge >= 0.3 is 11.9 Å². The molecule has 1 aromatic rings. The normalized spacial score (nSPS) is 33.6. The average Bonchev–Trinajstić information content (AvgIpc) is 3.03. The van der Waals surface area contributed by atoms with E-state index in [2.05, 4.69) is 4.99 Å². The summed E-state index contributed by atoms with van der Waals surface area (Å²) in [6.07, 6.45) is 9.00. The van der Waals surface area contributed by atoms with Crippen molar-refractivity contribution < 1.29 is 23.8 Å². The van der Waals surface area contributed by atoms with Crippen LogP contribution in [0.3, 0.4) is 0 Å². The van der Waals surface area contributed by atoms with E-state index in [4.69, 9.17) is 14.2 Å². The number of benzene rings is 1. The van der Waals surface area contributed by atoms with E-state index in [-0.39, 0.29) is 5.41 Å². The lowest BCUT2D eigenvalue weighted by Gasteiger charge is -2.55. The second-order valence-electron chi connectivity index (χ2n) is 9.04. The second kappa shape index (κ2) is 6.71. The maximum Gasteiger partial charge on any atom is 0.363 e. The molecule has 1 aliphatic heterocycles. The number of methoxy groups -OCH3 is 1. The summed E-state index contributed by atoms with van der Waals surface area (Å²) >= 11 is 0. The zero-order chi connectivity index (χ0) is 20.2. The molecule has 0 atom stereocenters. The second-order valence-corrected chi connectivity index (χ2v) is 9.04. The highest BCUT2D eigenvalue weighted by atomic mass is 16.6. The number of ether oxygens (including phenoxy) is 3. The highest BCUT2D eigenvalue weighted by Gasteiger charge is 2.55. The minimum absolute atomic E-state index is 0.0448. The Morgan fingerprint density at radius 3 is 2.38 bits per heavy atom. The molecule has 4 fully saturated rings. The predicted octanol–water partition coefficient (Wildman–Crippen LogP) is 4.13. The van der Waals surface area contributed by atoms with E-state index < -0.39 is 11.9 Å². The molecule has 6 heteroatoms. The molecule has 1 heterocycles. The minimum Gasteiger partial charge on any atom is -0.493 e. The molecule has 1 aromatic carbocycles. The molecule has 5 aliphatic rings. The molecule has 0 N–H and O–H groups in total. The number of esters is 2. The predicted molar refractivity (Wildman–Crippen MR) is 106 cm³/mol. The van der Waals surface area contributed by atoms with Crippen molar-refractivity contribution in [3.8, 4) is 11.5 Å². The highest BCUT2D eigenvalue weighted by molar-refractivity contribution is 6.09. The van der Waals surface area contributed by atoms with Crippen molar-refractivity contribution in [1.82, 2.24) is 0 Å². The number of aliphatic imine (C=N–C) groups is 1. The van der Waals surface area contributed by atoms with E-state index in [1.807, 2.05) is 0 Å². The lowest BCUT2D eigenvalue weighted by atomic mass is 9.49. The quantitative estimate of drug-likeness (QED) is 0.435. The summed E-state index contributed by atoms with van der Waals surface area (Å²) in [5.74, 6) is 2.87. The molecule has 0 amide bonds. The molecular formula is C23H25NO5. The van der Waals surface area contributed by atoms with Crippen molar-refractivity contribution >= 4 is 23.9 Å². The lowest BCUT2D eigenvalue weighted by molar-refractivity contribution is -0.132. The van der Waals surface area contributed by atoms with Gasteiger partial charge in [0, 0.05) is 12.3 Å². The molecule has 0 unspecified atom stereocenters. The van der Waals surface area contributed by atoms with Crippen LogP contribution in [0.4, 0.5) is 0 Å². The number of hydrogen-bond acceptors (Lipinski definition) is 6. The average molecular weight is 395 g/mol. The van der Waals surface area contributed by atoms with Crippen LogP contribution in [0, 0.1) is 23.2 Å². The van der Waals surface area contributed by atoms with E-state index in [0.717, 1.165) is 42.6 Å². The topological polar surface area (TPSA) is 74.2 Å². The molecule has 0 spiro atoms. The third-order valence-electron chi connectivity index (χ3n) is 6.86. The number of carbonyl (C=O) groups excluding carboxylic acids is 2. The van der Waals surface area contributed by atoms with Gasteiger partial charge in [-0.15, -0.1) is 0 Å². The fourth-order valence-electron chi connectivity index (χ4n) is 6.18. The van der Waals surface area contributed by atoms with Crippen LogP contribution in [0.1, 0.15) is 51.0 Å². The molecule has 0 aromatic heterocycles. The first-order valence-electron chi connectivity index (χ1n) is 10.3. The van der Waals surface area contributed by atoms with Crippen LogP contribution < -0.4 is 9.47 Å². The van der Waals surface area contributed by atoms with Crippen LogP contribution in [-0.4, -0.2) is 24.9 Å². The van der Waals surface area contributed by atoms with Gasteiger partial charge in [0.1, 0.15) is 0 Å². The monoisotopic (exact) mass is 395 g/mol. The first-order valence-corrected chi connectivity index (χ1v) is 10.3. The van der Waals surface area contributed by atoms with Gasteiger partial charge in [-0.2, -0.15) is 0 Å². The lowest BCUT2D eigenvalue weighted by Crippen LogP contribution is -2.50. The Hall–Kier alpha value is -2.63. The third-order valence-corrected chi connectivity index (χ3v) is 6.86. The van der Waals surface area contributed by atoms with Crippen molar-refractivity contribution in [2.45, 2.75) is 45.4 Å². The molecule has 0 radical (unpaired) electrons. The maximum absolute atomic E-state index is 12.5. The summed E-state index contributed by atoms with van der Waals surface area (Å²) in [5.41, 5.74) is 1.01. The molecule has 29 heavy (non-hydrogen) atoms. The number of hydrogen-bond donors (Lipinski definition) is 0. The van der Waals surface area contributed by atoms with E-state index >= 15 is 0 Å². The maximum atomic E-state index is 12.5. The summed E-state index contributed by atoms with van der Waals surface area (Å²) in [6, 6.07) is 5.13. The van der Waals surface area contributed by atoms with Crippen LogP contribution in [-0.2, 0) is 14.3 Å². The summed E-state index contributed by atoms with van der Waals surface area (Å²) in [5, 5.41) is 0. The van der Waals surface area contributed by atoms with E-state index in [0.29, 0.717) is 23.1 Å². The summed E-state index contributed by atoms with van der Waals surface area (Å²) in [7, 11) is 1.51. The molecular weight excluding hydrogens is 370 g/mol. The fourth-order valence-corrected chi connectivity index (χ4v) is 6.18. The first kappa shape index (κ1) is 18.4. The Bertz CT molecular complexity index is 909. The molecule has 6 nitrogen and oxygen atoms in total. The number of rotatable bonds is 4. The fraction of sp³-hybridized carbons (Fsp3) is 0.522. The van der Waals surface area contributed by atoms with Crippen molar-refractivity contribution in [3.05, 3.63) is 29.5 Å². The highest BCUT2D eigenvalue weighted by Crippen LogP contribution is 2.61. The third kappa shape index (κ3) is 3.24. The minimum atomic E-state index is -0.418. The van der Waals surface area contributed by atoms with Gasteiger partial charge in [0.2, 0.25) is 5.90 Å². The van der Waals surface area contributed by atoms with Gasteiger partial charge < -0.3 is 14.2 Å². The van der Waals surface area contributed by atoms with E-state index in [1.54, 1.807) is 24.3 Å². The van der Waals surface area contributed by atoms with E-state index in [1.165, 1.54) is 33.3 Å². The van der Waals surface area contributed by atoms with Gasteiger partial charge in [-0.05, 0) is 80.1 Å². The smallest absolute Gasteiger partial charge is 0.363 e. The Kier molecular flexibility index (Phi) is 4.26. The van der Waals surface area contributed by atoms with Gasteiger partial charge in [-0.1, -0.05) is 6.07 Å². The van der Waals surface area contributed by atoms with Crippen molar-refractivity contribution in [2.24, 2.45) is 28.2 Å². The zero-order valence-electron chi connectivity index (χ0n) is 16.8. The molecule has 0 saturated heterocycles. The Morgan fingerprint density at radius 2 is 1.79 bits per heavy atom. The van der Waals surface area contributed by atoms with Crippen LogP contribution in [0.2, 0.25) is 0 Å². The standard InChI is InChI=1S/C23H25NO5/c1-13(25)28-19-4-3-14(9-20(19)27-2)8-18-21(26)29-22(24-18)23-10-15-5-16(11-23)7-17(6-15)12-23/h3-4,8-9,15-17H,5-7,10-12H2,1-2H3/b18-8+. The van der Waals surface area contributed by atoms with Crippen molar-refractivity contribution in [3.63, 3.8) is 0 Å². The van der Waals surface area contributed by atoms with Crippen molar-refractivity contribution in [1.29, 1.82) is 0 Å². The summed E-state index contributed by atoms with van der Waals surface area (Å²) in [4.78, 5) is 28.4. The first-order chi connectivity index (χ1) is 13.9. The zero-order valence-corrected chi connectivity index (χ0v) is 16.8. The van der Waals surface area contributed by atoms with Gasteiger partial charge in [0.05, 0.1) is 7.11 Å². The molecule has 6 rings (SSSR count). The number of cyclic esters (lactones) is 1. The van der Waals surface area contributed by atoms with Crippen molar-refractivity contribution in [2.75, 3.05) is 7.11 Å². The SMILES string of the molecule is COc1cc(/C=C2/N=C(C34CC5CC(CC(C5)C3)C4)OC2=O)ccc1OC(C)=O. The van der Waals surface area contributed by atoms with Gasteiger partial charge in [-0.3, -0.25) is 4.79 Å². The number of carbonyl (C=O) groups is 2. The van der Waals surface area contributed by atoms with Gasteiger partial charge in [-0.25, -0.2) is 9.79 Å².